The van der Waals surface area contributed by atoms with Crippen LogP contribution in [0.4, 0.5) is 0 Å². The normalized spacial score (nSPS) is 16.5. The Balaban J connectivity index is 2.38. The van der Waals surface area contributed by atoms with Gasteiger partial charge in [0.2, 0.25) is 5.17 Å². The molecular weight excluding hydrogens is 314 g/mol. The summed E-state index contributed by atoms with van der Waals surface area (Å²) in [5.41, 5.74) is 3.63. The second-order valence-electron chi connectivity index (χ2n) is 3.89. The average molecular weight is 326 g/mol. The number of hydrogen-bond acceptors (Lipinski definition) is 6. The van der Waals surface area contributed by atoms with E-state index >= 15 is 0 Å². The van der Waals surface area contributed by atoms with Gasteiger partial charge in [0.25, 0.3) is 10.0 Å². The zero-order chi connectivity index (χ0) is 15.5. The van der Waals surface area contributed by atoms with E-state index in [9.17, 15) is 13.2 Å². The number of hydrogen-bond donors (Lipinski definition) is 0. The lowest BCUT2D eigenvalue weighted by molar-refractivity contribution is 0.0596. The first kappa shape index (κ1) is 15.5. The van der Waals surface area contributed by atoms with Gasteiger partial charge in [-0.15, -0.1) is 14.9 Å². The molecule has 1 aromatic rings. The highest BCUT2D eigenvalue weighted by Crippen LogP contribution is 2.22. The van der Waals surface area contributed by atoms with E-state index in [1.807, 2.05) is 6.92 Å². The van der Waals surface area contributed by atoms with Crippen molar-refractivity contribution >= 4 is 38.0 Å². The highest BCUT2D eigenvalue weighted by Gasteiger charge is 2.25. The molecule has 2 rings (SSSR count). The molecule has 0 fully saturated rings. The summed E-state index contributed by atoms with van der Waals surface area (Å²) >= 11 is 1.09. The first-order chi connectivity index (χ1) is 9.97. The number of thioether (sulfide) groups is 1. The molecule has 0 saturated heterocycles. The van der Waals surface area contributed by atoms with Crippen molar-refractivity contribution in [1.82, 2.24) is 5.43 Å². The Kier molecular flexibility index (Phi) is 4.63. The molecule has 1 aliphatic heterocycles. The number of benzene rings is 1. The second kappa shape index (κ2) is 6.27. The minimum atomic E-state index is -4.06. The summed E-state index contributed by atoms with van der Waals surface area (Å²) in [6, 6.07) is 5.72. The Morgan fingerprint density at radius 1 is 1.38 bits per heavy atom. The van der Waals surface area contributed by atoms with Crippen LogP contribution >= 0.6 is 11.8 Å². The lowest BCUT2D eigenvalue weighted by atomic mass is 10.2. The maximum absolute atomic E-state index is 12.3. The van der Waals surface area contributed by atoms with Gasteiger partial charge in [-0.25, -0.2) is 4.79 Å². The number of sulfonamides is 1. The lowest BCUT2D eigenvalue weighted by Gasteiger charge is -2.05. The van der Waals surface area contributed by atoms with Gasteiger partial charge < -0.3 is 4.74 Å². The van der Waals surface area contributed by atoms with Crippen LogP contribution in [0.15, 0.2) is 38.7 Å². The predicted molar refractivity (Wildman–Crippen MR) is 79.9 cm³/mol. The molecule has 0 unspecified atom stereocenters. The molecule has 1 radical (unpaired) electrons. The molecule has 1 aromatic carbocycles. The highest BCUT2D eigenvalue weighted by atomic mass is 32.2. The number of nitrogens with zero attached hydrogens (tertiary/aromatic N) is 3. The zero-order valence-electron chi connectivity index (χ0n) is 11.3. The first-order valence-electron chi connectivity index (χ1n) is 5.95. The maximum atomic E-state index is 12.3. The van der Waals surface area contributed by atoms with Crippen LogP contribution < -0.4 is 5.43 Å². The summed E-state index contributed by atoms with van der Waals surface area (Å²) in [5, 5.41) is 4.52. The molecule has 0 amide bonds. The molecule has 7 nitrogen and oxygen atoms in total. The number of ether oxygens (including phenoxy) is 1. The van der Waals surface area contributed by atoms with Crippen molar-refractivity contribution in [2.24, 2.45) is 9.50 Å². The van der Waals surface area contributed by atoms with Gasteiger partial charge in [-0.1, -0.05) is 19.1 Å². The van der Waals surface area contributed by atoms with Crippen molar-refractivity contribution < 1.29 is 17.9 Å². The van der Waals surface area contributed by atoms with E-state index in [2.05, 4.69) is 19.7 Å². The fraction of sp³-hybridized carbons (Fsp3) is 0.250. The van der Waals surface area contributed by atoms with Crippen molar-refractivity contribution in [1.29, 1.82) is 0 Å². The Morgan fingerprint density at radius 3 is 2.71 bits per heavy atom. The van der Waals surface area contributed by atoms with Crippen LogP contribution in [0.25, 0.3) is 0 Å². The molecule has 111 valence electrons. The van der Waals surface area contributed by atoms with Crippen LogP contribution in [0.3, 0.4) is 0 Å². The van der Waals surface area contributed by atoms with Crippen molar-refractivity contribution in [2.75, 3.05) is 7.11 Å². The minimum Gasteiger partial charge on any atom is -0.465 e. The number of carbonyl (C=O) groups is 1. The van der Waals surface area contributed by atoms with Crippen molar-refractivity contribution in [3.05, 3.63) is 29.8 Å². The predicted octanol–water partition coefficient (Wildman–Crippen LogP) is 1.59. The lowest BCUT2D eigenvalue weighted by Crippen LogP contribution is -2.11. The Labute approximate surface area is 126 Å². The van der Waals surface area contributed by atoms with E-state index in [0.717, 1.165) is 11.8 Å². The largest absolute Gasteiger partial charge is 0.465 e. The fourth-order valence-corrected chi connectivity index (χ4v) is 3.53. The summed E-state index contributed by atoms with van der Waals surface area (Å²) < 4.78 is 32.8. The Hall–Kier alpha value is -1.87. The molecule has 0 aromatic heterocycles. The molecule has 0 atom stereocenters. The number of carbonyl (C=O) groups excluding carboxylic acids is 1. The third kappa shape index (κ3) is 3.42. The van der Waals surface area contributed by atoms with Gasteiger partial charge in [-0.05, 0) is 30.3 Å². The van der Waals surface area contributed by atoms with Crippen molar-refractivity contribution in [3.63, 3.8) is 0 Å². The Morgan fingerprint density at radius 2 is 2.10 bits per heavy atom. The summed E-state index contributed by atoms with van der Waals surface area (Å²) in [5.74, 6) is -0.740. The van der Waals surface area contributed by atoms with Gasteiger partial charge in [0, 0.05) is 0 Å². The average Bonchev–Trinajstić information content (AvgIpc) is 2.93. The van der Waals surface area contributed by atoms with Gasteiger partial charge in [-0.2, -0.15) is 8.42 Å². The smallest absolute Gasteiger partial charge is 0.339 e. The third-order valence-corrected chi connectivity index (χ3v) is 4.93. The molecule has 0 saturated carbocycles. The molecule has 21 heavy (non-hydrogen) atoms. The van der Waals surface area contributed by atoms with E-state index in [1.54, 1.807) is 6.07 Å². The topological polar surface area (TPSA) is 99.3 Å². The first-order valence-corrected chi connectivity index (χ1v) is 8.21. The second-order valence-corrected chi connectivity index (χ2v) is 6.50. The summed E-state index contributed by atoms with van der Waals surface area (Å²) in [6.07, 6.45) is 0.645. The van der Waals surface area contributed by atoms with Crippen LogP contribution in [0.5, 0.6) is 0 Å². The van der Waals surface area contributed by atoms with E-state index in [-0.39, 0.29) is 15.6 Å². The summed E-state index contributed by atoms with van der Waals surface area (Å²) in [6.45, 7) is 1.88. The van der Waals surface area contributed by atoms with Crippen molar-refractivity contribution in [3.8, 4) is 0 Å². The minimum absolute atomic E-state index is 0.0338. The van der Waals surface area contributed by atoms with Gasteiger partial charge in [-0.3, -0.25) is 0 Å². The molecule has 9 heteroatoms. The maximum Gasteiger partial charge on any atom is 0.339 e. The fourth-order valence-electron chi connectivity index (χ4n) is 1.55. The van der Waals surface area contributed by atoms with E-state index in [1.165, 1.54) is 25.3 Å². The van der Waals surface area contributed by atoms with E-state index in [4.69, 9.17) is 0 Å². The van der Waals surface area contributed by atoms with E-state index in [0.29, 0.717) is 11.5 Å². The number of esters is 1. The van der Waals surface area contributed by atoms with Crippen LogP contribution in [0.1, 0.15) is 23.7 Å². The van der Waals surface area contributed by atoms with Gasteiger partial charge in [0.15, 0.2) is 0 Å². The highest BCUT2D eigenvalue weighted by molar-refractivity contribution is 8.27. The standard InChI is InChI=1S/C12H12N3O4S2/c1-3-10-13-14-12(20-10)15-21(17,18)9-7-5-4-6-8(9)11(16)19-2/h4-7H,3H2,1-2H3. The van der Waals surface area contributed by atoms with Gasteiger partial charge in [0.05, 0.1) is 12.7 Å². The number of amidine groups is 1. The van der Waals surface area contributed by atoms with Crippen LogP contribution in [0.2, 0.25) is 0 Å². The molecular formula is C12H12N3O4S2. The van der Waals surface area contributed by atoms with Crippen LogP contribution in [-0.2, 0) is 14.8 Å². The molecule has 1 heterocycles. The molecule has 0 N–H and O–H groups in total. The van der Waals surface area contributed by atoms with E-state index < -0.39 is 16.0 Å². The van der Waals surface area contributed by atoms with Crippen LogP contribution in [0, 0.1) is 0 Å². The quantitative estimate of drug-likeness (QED) is 0.782. The zero-order valence-corrected chi connectivity index (χ0v) is 12.9. The molecule has 0 spiro atoms. The summed E-state index contributed by atoms with van der Waals surface area (Å²) in [4.78, 5) is 11.4. The third-order valence-electron chi connectivity index (χ3n) is 2.53. The summed E-state index contributed by atoms with van der Waals surface area (Å²) in [7, 11) is -2.88. The monoisotopic (exact) mass is 326 g/mol. The molecule has 1 aliphatic rings. The number of methoxy groups -OCH3 is 1. The van der Waals surface area contributed by atoms with Crippen LogP contribution in [-0.4, -0.2) is 31.7 Å². The van der Waals surface area contributed by atoms with Crippen molar-refractivity contribution in [2.45, 2.75) is 18.2 Å². The van der Waals surface area contributed by atoms with Gasteiger partial charge in [0.1, 0.15) is 9.94 Å². The Bertz CT molecular complexity index is 726. The number of rotatable bonds is 4. The molecule has 0 bridgehead atoms. The molecule has 0 aliphatic carbocycles. The SMILES string of the molecule is CCC1=N[N]C(=NS(=O)(=O)c2ccccc2C(=O)OC)S1. The van der Waals surface area contributed by atoms with Gasteiger partial charge >= 0.3 is 5.97 Å².